The first-order valence-electron chi connectivity index (χ1n) is 11.0. The molecule has 0 aliphatic rings. The highest BCUT2D eigenvalue weighted by Crippen LogP contribution is 2.23. The number of aromatic hydroxyl groups is 1. The van der Waals surface area contributed by atoms with Crippen LogP contribution in [0, 0.1) is 11.6 Å². The van der Waals surface area contributed by atoms with E-state index in [-0.39, 0.29) is 29.1 Å². The van der Waals surface area contributed by atoms with Crippen molar-refractivity contribution in [2.75, 3.05) is 25.1 Å². The molecular weight excluding hydrogens is 458 g/mol. The van der Waals surface area contributed by atoms with Gasteiger partial charge in [0, 0.05) is 36.5 Å². The van der Waals surface area contributed by atoms with Gasteiger partial charge in [-0.2, -0.15) is 0 Å². The number of amides is 2. The van der Waals surface area contributed by atoms with Gasteiger partial charge in [0.05, 0.1) is 25.4 Å². The highest BCUT2D eigenvalue weighted by Gasteiger charge is 2.14. The van der Waals surface area contributed by atoms with Crippen molar-refractivity contribution in [3.8, 4) is 5.75 Å². The van der Waals surface area contributed by atoms with Gasteiger partial charge in [0.15, 0.2) is 0 Å². The Morgan fingerprint density at radius 2 is 1.60 bits per heavy atom. The Hall–Kier alpha value is -3.82. The largest absolute Gasteiger partial charge is 0.507 e. The Kier molecular flexibility index (Phi) is 9.28. The predicted molar refractivity (Wildman–Crippen MR) is 126 cm³/mol. The SMILES string of the molecule is CCOCCOCc1cccc(CNC(=O)c2ccc(NC(=O)c3cc(F)cc(F)c3)cc2O)c1. The normalized spacial score (nSPS) is 10.7. The fourth-order valence-corrected chi connectivity index (χ4v) is 3.25. The summed E-state index contributed by atoms with van der Waals surface area (Å²) in [6, 6.07) is 13.9. The zero-order chi connectivity index (χ0) is 25.2. The summed E-state index contributed by atoms with van der Waals surface area (Å²) >= 11 is 0. The van der Waals surface area contributed by atoms with E-state index in [9.17, 15) is 23.5 Å². The molecule has 35 heavy (non-hydrogen) atoms. The van der Waals surface area contributed by atoms with Crippen molar-refractivity contribution >= 4 is 17.5 Å². The number of rotatable bonds is 11. The van der Waals surface area contributed by atoms with Crippen molar-refractivity contribution < 1.29 is 33.0 Å². The summed E-state index contributed by atoms with van der Waals surface area (Å²) in [6.07, 6.45) is 0. The molecule has 3 aromatic carbocycles. The molecule has 2 amide bonds. The van der Waals surface area contributed by atoms with E-state index in [1.807, 2.05) is 31.2 Å². The summed E-state index contributed by atoms with van der Waals surface area (Å²) in [4.78, 5) is 24.8. The zero-order valence-electron chi connectivity index (χ0n) is 19.1. The number of ether oxygens (including phenoxy) is 2. The van der Waals surface area contributed by atoms with E-state index >= 15 is 0 Å². The first kappa shape index (κ1) is 25.8. The minimum atomic E-state index is -0.885. The van der Waals surface area contributed by atoms with Crippen molar-refractivity contribution in [1.82, 2.24) is 5.32 Å². The van der Waals surface area contributed by atoms with Crippen LogP contribution in [0.2, 0.25) is 0 Å². The number of nitrogens with one attached hydrogen (secondary N) is 2. The van der Waals surface area contributed by atoms with Crippen LogP contribution in [0.3, 0.4) is 0 Å². The van der Waals surface area contributed by atoms with Crippen LogP contribution in [0.25, 0.3) is 0 Å². The number of anilines is 1. The van der Waals surface area contributed by atoms with Gasteiger partial charge in [0.2, 0.25) is 0 Å². The number of hydrogen-bond acceptors (Lipinski definition) is 5. The smallest absolute Gasteiger partial charge is 0.255 e. The number of phenolic OH excluding ortho intramolecular Hbond substituents is 1. The molecule has 3 N–H and O–H groups in total. The maximum atomic E-state index is 13.3. The van der Waals surface area contributed by atoms with E-state index in [0.717, 1.165) is 23.3 Å². The van der Waals surface area contributed by atoms with E-state index in [0.29, 0.717) is 32.5 Å². The van der Waals surface area contributed by atoms with Gasteiger partial charge in [-0.3, -0.25) is 9.59 Å². The first-order chi connectivity index (χ1) is 16.9. The van der Waals surface area contributed by atoms with Crippen LogP contribution < -0.4 is 10.6 Å². The zero-order valence-corrected chi connectivity index (χ0v) is 19.1. The van der Waals surface area contributed by atoms with Crippen LogP contribution in [0.15, 0.2) is 60.7 Å². The van der Waals surface area contributed by atoms with Crippen LogP contribution in [0.4, 0.5) is 14.5 Å². The van der Waals surface area contributed by atoms with Gasteiger partial charge in [-0.05, 0) is 42.3 Å². The highest BCUT2D eigenvalue weighted by atomic mass is 19.1. The van der Waals surface area contributed by atoms with Crippen molar-refractivity contribution in [2.45, 2.75) is 20.1 Å². The lowest BCUT2D eigenvalue weighted by molar-refractivity contribution is 0.0453. The van der Waals surface area contributed by atoms with Crippen LogP contribution in [-0.2, 0) is 22.6 Å². The molecule has 3 rings (SSSR count). The Morgan fingerprint density at radius 1 is 0.886 bits per heavy atom. The number of carbonyl (C=O) groups excluding carboxylic acids is 2. The summed E-state index contributed by atoms with van der Waals surface area (Å²) in [7, 11) is 0. The van der Waals surface area contributed by atoms with E-state index in [1.165, 1.54) is 18.2 Å². The van der Waals surface area contributed by atoms with Crippen molar-refractivity contribution in [2.24, 2.45) is 0 Å². The van der Waals surface area contributed by atoms with Gasteiger partial charge in [0.1, 0.15) is 17.4 Å². The Morgan fingerprint density at radius 3 is 2.31 bits per heavy atom. The average molecular weight is 484 g/mol. The second-order valence-electron chi connectivity index (χ2n) is 7.60. The van der Waals surface area contributed by atoms with Gasteiger partial charge >= 0.3 is 0 Å². The molecule has 3 aromatic rings. The molecule has 0 spiro atoms. The monoisotopic (exact) mass is 484 g/mol. The molecule has 0 radical (unpaired) electrons. The Bertz CT molecular complexity index is 1170. The summed E-state index contributed by atoms with van der Waals surface area (Å²) < 4.78 is 37.4. The summed E-state index contributed by atoms with van der Waals surface area (Å²) in [5, 5.41) is 15.4. The topological polar surface area (TPSA) is 96.9 Å². The van der Waals surface area contributed by atoms with Crippen molar-refractivity contribution in [3.63, 3.8) is 0 Å². The van der Waals surface area contributed by atoms with E-state index in [1.54, 1.807) is 0 Å². The lowest BCUT2D eigenvalue weighted by Crippen LogP contribution is -2.23. The molecule has 0 saturated carbocycles. The van der Waals surface area contributed by atoms with E-state index in [2.05, 4.69) is 10.6 Å². The number of phenols is 1. The lowest BCUT2D eigenvalue weighted by Gasteiger charge is -2.11. The molecule has 0 bridgehead atoms. The maximum Gasteiger partial charge on any atom is 0.255 e. The minimum Gasteiger partial charge on any atom is -0.507 e. The van der Waals surface area contributed by atoms with Crippen LogP contribution >= 0.6 is 0 Å². The van der Waals surface area contributed by atoms with Gasteiger partial charge in [-0.15, -0.1) is 0 Å². The first-order valence-corrected chi connectivity index (χ1v) is 11.0. The van der Waals surface area contributed by atoms with Crippen LogP contribution in [0.1, 0.15) is 38.8 Å². The Balaban J connectivity index is 1.55. The third kappa shape index (κ3) is 7.87. The molecule has 184 valence electrons. The summed E-state index contributed by atoms with van der Waals surface area (Å²) in [6.45, 7) is 4.23. The average Bonchev–Trinajstić information content (AvgIpc) is 2.82. The third-order valence-corrected chi connectivity index (χ3v) is 4.91. The standard InChI is InChI=1S/C26H26F2N2O5/c1-2-34-8-9-35-16-18-5-3-4-17(10-18)15-29-26(33)23-7-6-22(14-24(23)31)30-25(32)19-11-20(27)13-21(28)12-19/h3-7,10-14,31H,2,8-9,15-16H2,1H3,(H,29,33)(H,30,32). The second-order valence-corrected chi connectivity index (χ2v) is 7.60. The lowest BCUT2D eigenvalue weighted by atomic mass is 10.1. The Labute approximate surface area is 201 Å². The molecule has 0 heterocycles. The molecule has 0 aromatic heterocycles. The molecule has 0 fully saturated rings. The maximum absolute atomic E-state index is 13.3. The molecule has 0 aliphatic carbocycles. The van der Waals surface area contributed by atoms with Crippen molar-refractivity contribution in [1.29, 1.82) is 0 Å². The molecule has 0 unspecified atom stereocenters. The molecule has 0 aliphatic heterocycles. The van der Waals surface area contributed by atoms with E-state index < -0.39 is 23.4 Å². The van der Waals surface area contributed by atoms with Gasteiger partial charge in [-0.25, -0.2) is 8.78 Å². The molecule has 9 heteroatoms. The number of halogens is 2. The number of hydrogen-bond donors (Lipinski definition) is 3. The number of benzene rings is 3. The van der Waals surface area contributed by atoms with Crippen molar-refractivity contribution in [3.05, 3.63) is 94.6 Å². The summed E-state index contributed by atoms with van der Waals surface area (Å²) in [5.41, 5.74) is 1.76. The fourth-order valence-electron chi connectivity index (χ4n) is 3.25. The fraction of sp³-hybridized carbons (Fsp3) is 0.231. The summed E-state index contributed by atoms with van der Waals surface area (Å²) in [5.74, 6) is -3.40. The van der Waals surface area contributed by atoms with Gasteiger partial charge in [0.25, 0.3) is 11.8 Å². The predicted octanol–water partition coefficient (Wildman–Crippen LogP) is 4.41. The quantitative estimate of drug-likeness (QED) is 0.351. The van der Waals surface area contributed by atoms with Gasteiger partial charge in [-0.1, -0.05) is 24.3 Å². The van der Waals surface area contributed by atoms with E-state index in [4.69, 9.17) is 9.47 Å². The number of carbonyl (C=O) groups is 2. The molecule has 7 nitrogen and oxygen atoms in total. The van der Waals surface area contributed by atoms with Gasteiger partial charge < -0.3 is 25.2 Å². The highest BCUT2D eigenvalue weighted by molar-refractivity contribution is 6.05. The molecule has 0 atom stereocenters. The second kappa shape index (κ2) is 12.6. The van der Waals surface area contributed by atoms with Crippen LogP contribution in [-0.4, -0.2) is 36.7 Å². The van der Waals surface area contributed by atoms with Crippen LogP contribution in [0.5, 0.6) is 5.75 Å². The minimum absolute atomic E-state index is 0.00945. The molecule has 0 saturated heterocycles. The third-order valence-electron chi connectivity index (χ3n) is 4.91. The molecular formula is C26H26F2N2O5.